The van der Waals surface area contributed by atoms with Crippen molar-refractivity contribution in [3.63, 3.8) is 0 Å². The van der Waals surface area contributed by atoms with Crippen molar-refractivity contribution < 1.29 is 4.79 Å². The van der Waals surface area contributed by atoms with Gasteiger partial charge in [0.2, 0.25) is 5.91 Å². The molecule has 0 fully saturated rings. The summed E-state index contributed by atoms with van der Waals surface area (Å²) >= 11 is 0. The van der Waals surface area contributed by atoms with Crippen LogP contribution in [0.25, 0.3) is 0 Å². The van der Waals surface area contributed by atoms with Gasteiger partial charge in [0.15, 0.2) is 0 Å². The Morgan fingerprint density at radius 1 is 1.18 bits per heavy atom. The minimum atomic E-state index is -0.382. The molecule has 0 spiro atoms. The molecule has 2 heterocycles. The first-order valence-electron chi connectivity index (χ1n) is 7.77. The van der Waals surface area contributed by atoms with Crippen LogP contribution < -0.4 is 0 Å². The predicted octanol–water partition coefficient (Wildman–Crippen LogP) is 3.60. The van der Waals surface area contributed by atoms with Gasteiger partial charge in [-0.25, -0.2) is 0 Å². The van der Waals surface area contributed by atoms with Gasteiger partial charge in [0, 0.05) is 24.4 Å². The van der Waals surface area contributed by atoms with Gasteiger partial charge in [-0.15, -0.1) is 0 Å². The molecule has 1 amide bonds. The molecule has 114 valence electrons. The van der Waals surface area contributed by atoms with E-state index in [1.807, 2.05) is 44.0 Å². The largest absolute Gasteiger partial charge is 0.331 e. The van der Waals surface area contributed by atoms with E-state index in [0.29, 0.717) is 0 Å². The number of nitrogens with zero attached hydrogens (tertiary/aromatic N) is 2. The number of amides is 1. The van der Waals surface area contributed by atoms with Crippen molar-refractivity contribution in [3.8, 4) is 0 Å². The zero-order valence-corrected chi connectivity index (χ0v) is 13.4. The van der Waals surface area contributed by atoms with E-state index in [4.69, 9.17) is 0 Å². The Hall–Kier alpha value is -2.16. The highest BCUT2D eigenvalue weighted by Crippen LogP contribution is 2.37. The molecule has 0 radical (unpaired) electrons. The van der Waals surface area contributed by atoms with Crippen molar-refractivity contribution in [1.82, 2.24) is 9.88 Å². The number of pyridine rings is 1. The number of hydrogen-bond acceptors (Lipinski definition) is 2. The molecule has 0 N–H and O–H groups in total. The fraction of sp³-hybridized carbons (Fsp3) is 0.368. The maximum absolute atomic E-state index is 12.9. The van der Waals surface area contributed by atoms with Crippen LogP contribution in [0.1, 0.15) is 43.5 Å². The summed E-state index contributed by atoms with van der Waals surface area (Å²) in [7, 11) is 0. The molecule has 3 nitrogen and oxygen atoms in total. The lowest BCUT2D eigenvalue weighted by Crippen LogP contribution is -2.45. The summed E-state index contributed by atoms with van der Waals surface area (Å²) in [5.41, 5.74) is 3.24. The SMILES string of the molecule is CC(C)(C)C(=O)N1CCc2ccccc2C1c1cccnc1. The Morgan fingerprint density at radius 2 is 1.95 bits per heavy atom. The first-order chi connectivity index (χ1) is 10.5. The summed E-state index contributed by atoms with van der Waals surface area (Å²) in [6.45, 7) is 6.70. The van der Waals surface area contributed by atoms with Crippen molar-refractivity contribution in [2.24, 2.45) is 5.41 Å². The number of hydrogen-bond donors (Lipinski definition) is 0. The Balaban J connectivity index is 2.10. The van der Waals surface area contributed by atoms with Crippen LogP contribution in [-0.2, 0) is 11.2 Å². The molecule has 1 unspecified atom stereocenters. The minimum Gasteiger partial charge on any atom is -0.331 e. The fourth-order valence-corrected chi connectivity index (χ4v) is 3.11. The second-order valence-electron chi connectivity index (χ2n) is 6.89. The highest BCUT2D eigenvalue weighted by atomic mass is 16.2. The molecule has 0 saturated heterocycles. The minimum absolute atomic E-state index is 0.0367. The van der Waals surface area contributed by atoms with E-state index in [9.17, 15) is 4.79 Å². The number of fused-ring (bicyclic) bond motifs is 1. The first kappa shape index (κ1) is 14.8. The lowest BCUT2D eigenvalue weighted by molar-refractivity contribution is -0.141. The number of benzene rings is 1. The lowest BCUT2D eigenvalue weighted by atomic mass is 9.85. The van der Waals surface area contributed by atoms with Gasteiger partial charge in [-0.1, -0.05) is 51.1 Å². The molecule has 1 aliphatic rings. The van der Waals surface area contributed by atoms with E-state index >= 15 is 0 Å². The lowest BCUT2D eigenvalue weighted by Gasteiger charge is -2.40. The molecule has 1 aromatic carbocycles. The maximum atomic E-state index is 12.9. The first-order valence-corrected chi connectivity index (χ1v) is 7.77. The third kappa shape index (κ3) is 2.63. The maximum Gasteiger partial charge on any atom is 0.228 e. The second-order valence-corrected chi connectivity index (χ2v) is 6.89. The average molecular weight is 294 g/mol. The normalized spacial score (nSPS) is 18.0. The van der Waals surface area contributed by atoms with Crippen LogP contribution in [0.15, 0.2) is 48.8 Å². The molecule has 1 atom stereocenters. The zero-order valence-electron chi connectivity index (χ0n) is 13.4. The molecule has 3 heteroatoms. The van der Waals surface area contributed by atoms with Crippen molar-refractivity contribution in [2.75, 3.05) is 6.54 Å². The van der Waals surface area contributed by atoms with E-state index in [2.05, 4.69) is 29.2 Å². The summed E-state index contributed by atoms with van der Waals surface area (Å²) < 4.78 is 0. The Labute approximate surface area is 132 Å². The summed E-state index contributed by atoms with van der Waals surface area (Å²) in [6.07, 6.45) is 4.55. The Morgan fingerprint density at radius 3 is 2.64 bits per heavy atom. The highest BCUT2D eigenvalue weighted by Gasteiger charge is 2.36. The van der Waals surface area contributed by atoms with Gasteiger partial charge in [-0.2, -0.15) is 0 Å². The summed E-state index contributed by atoms with van der Waals surface area (Å²) in [5.74, 6) is 0.191. The van der Waals surface area contributed by atoms with Gasteiger partial charge in [-0.05, 0) is 29.2 Å². The van der Waals surface area contributed by atoms with Crippen molar-refractivity contribution >= 4 is 5.91 Å². The van der Waals surface area contributed by atoms with E-state index in [0.717, 1.165) is 18.5 Å². The topological polar surface area (TPSA) is 33.2 Å². The quantitative estimate of drug-likeness (QED) is 0.805. The second kappa shape index (κ2) is 5.56. The average Bonchev–Trinajstić information content (AvgIpc) is 2.53. The van der Waals surface area contributed by atoms with Crippen LogP contribution in [-0.4, -0.2) is 22.3 Å². The predicted molar refractivity (Wildman–Crippen MR) is 87.4 cm³/mol. The molecule has 1 aliphatic heterocycles. The summed E-state index contributed by atoms with van der Waals surface area (Å²) in [5, 5.41) is 0. The van der Waals surface area contributed by atoms with E-state index < -0.39 is 0 Å². The van der Waals surface area contributed by atoms with Gasteiger partial charge >= 0.3 is 0 Å². The van der Waals surface area contributed by atoms with E-state index in [-0.39, 0.29) is 17.4 Å². The van der Waals surface area contributed by atoms with Crippen LogP contribution in [0.4, 0.5) is 0 Å². The molecule has 22 heavy (non-hydrogen) atoms. The number of rotatable bonds is 1. The van der Waals surface area contributed by atoms with Crippen LogP contribution in [0.2, 0.25) is 0 Å². The van der Waals surface area contributed by atoms with Gasteiger partial charge in [0.25, 0.3) is 0 Å². The zero-order chi connectivity index (χ0) is 15.7. The van der Waals surface area contributed by atoms with Crippen molar-refractivity contribution in [3.05, 3.63) is 65.5 Å². The van der Waals surface area contributed by atoms with E-state index in [1.165, 1.54) is 11.1 Å². The number of aromatic nitrogens is 1. The van der Waals surface area contributed by atoms with Gasteiger partial charge < -0.3 is 4.90 Å². The standard InChI is InChI=1S/C19H22N2O/c1-19(2,3)18(22)21-12-10-14-7-4-5-9-16(14)17(21)15-8-6-11-20-13-15/h4-9,11,13,17H,10,12H2,1-3H3. The summed E-state index contributed by atoms with van der Waals surface area (Å²) in [4.78, 5) is 19.2. The Bertz CT molecular complexity index is 673. The van der Waals surface area contributed by atoms with Gasteiger partial charge in [-0.3, -0.25) is 9.78 Å². The fourth-order valence-electron chi connectivity index (χ4n) is 3.11. The van der Waals surface area contributed by atoms with Crippen molar-refractivity contribution in [1.29, 1.82) is 0 Å². The van der Waals surface area contributed by atoms with E-state index in [1.54, 1.807) is 6.20 Å². The third-order valence-electron chi connectivity index (χ3n) is 4.19. The van der Waals surface area contributed by atoms with Crippen molar-refractivity contribution in [2.45, 2.75) is 33.2 Å². The van der Waals surface area contributed by atoms with Gasteiger partial charge in [0.05, 0.1) is 6.04 Å². The summed E-state index contributed by atoms with van der Waals surface area (Å²) in [6, 6.07) is 12.4. The number of carbonyl (C=O) groups excluding carboxylic acids is 1. The smallest absolute Gasteiger partial charge is 0.228 e. The van der Waals surface area contributed by atoms with Crippen LogP contribution in [0.3, 0.4) is 0 Å². The molecule has 0 saturated carbocycles. The number of carbonyl (C=O) groups is 1. The molecule has 3 rings (SSSR count). The molecule has 2 aromatic rings. The van der Waals surface area contributed by atoms with Crippen LogP contribution in [0, 0.1) is 5.41 Å². The third-order valence-corrected chi connectivity index (χ3v) is 4.19. The molecule has 1 aromatic heterocycles. The van der Waals surface area contributed by atoms with Gasteiger partial charge in [0.1, 0.15) is 0 Å². The molecule has 0 aliphatic carbocycles. The molecular formula is C19H22N2O. The van der Waals surface area contributed by atoms with Crippen LogP contribution >= 0.6 is 0 Å². The molecular weight excluding hydrogens is 272 g/mol. The molecule has 0 bridgehead atoms. The monoisotopic (exact) mass is 294 g/mol. The van der Waals surface area contributed by atoms with Crippen LogP contribution in [0.5, 0.6) is 0 Å². The highest BCUT2D eigenvalue weighted by molar-refractivity contribution is 5.82. The Kier molecular flexibility index (Phi) is 3.73.